The minimum atomic E-state index is -1.10. The molecule has 2 aromatic carbocycles. The van der Waals surface area contributed by atoms with E-state index >= 15 is 0 Å². The van der Waals surface area contributed by atoms with Gasteiger partial charge in [-0.1, -0.05) is 12.0 Å². The summed E-state index contributed by atoms with van der Waals surface area (Å²) in [6.07, 6.45) is 5.41. The molecule has 0 bridgehead atoms. The lowest BCUT2D eigenvalue weighted by atomic mass is 10.2. The van der Waals surface area contributed by atoms with Gasteiger partial charge in [0.2, 0.25) is 5.28 Å². The van der Waals surface area contributed by atoms with E-state index in [2.05, 4.69) is 26.5 Å². The number of hydrogen-bond donors (Lipinski definition) is 2. The second-order valence-electron chi connectivity index (χ2n) is 5.11. The molecule has 1 amide bonds. The zero-order valence-corrected chi connectivity index (χ0v) is 13.6. The number of carbonyl (C=O) groups excluding carboxylic acids is 1. The van der Waals surface area contributed by atoms with Crippen molar-refractivity contribution < 1.29 is 9.18 Å². The molecule has 2 N–H and O–H groups in total. The molecule has 3 aromatic rings. The van der Waals surface area contributed by atoms with E-state index in [1.165, 1.54) is 0 Å². The number of rotatable bonds is 4. The van der Waals surface area contributed by atoms with Crippen LogP contribution in [0.2, 0.25) is 5.28 Å². The Morgan fingerprint density at radius 1 is 1.20 bits per heavy atom. The minimum absolute atomic E-state index is 0.0390. The van der Waals surface area contributed by atoms with Crippen LogP contribution in [-0.2, 0) is 4.79 Å². The second-order valence-corrected chi connectivity index (χ2v) is 5.44. The molecule has 7 heteroatoms. The number of carbonyl (C=O) groups is 1. The lowest BCUT2D eigenvalue weighted by Crippen LogP contribution is -2.13. The molecule has 5 nitrogen and oxygen atoms in total. The van der Waals surface area contributed by atoms with E-state index in [4.69, 9.17) is 18.0 Å². The molecule has 1 aromatic heterocycles. The van der Waals surface area contributed by atoms with Gasteiger partial charge in [0.1, 0.15) is 5.82 Å². The van der Waals surface area contributed by atoms with E-state index in [-0.39, 0.29) is 5.28 Å². The molecule has 3 rings (SSSR count). The summed E-state index contributed by atoms with van der Waals surface area (Å²) in [5, 5.41) is 6.31. The fourth-order valence-electron chi connectivity index (χ4n) is 2.29. The highest BCUT2D eigenvalue weighted by molar-refractivity contribution is 6.28. The first-order valence-electron chi connectivity index (χ1n) is 7.26. The Bertz CT molecular complexity index is 1000. The number of terminal acetylenes is 1. The van der Waals surface area contributed by atoms with Crippen molar-refractivity contribution in [2.45, 2.75) is 0 Å². The molecule has 0 spiro atoms. The summed E-state index contributed by atoms with van der Waals surface area (Å²) in [6, 6.07) is 12.2. The van der Waals surface area contributed by atoms with Gasteiger partial charge >= 0.3 is 0 Å². The number of nitrogens with one attached hydrogen (secondary N) is 2. The molecule has 25 heavy (non-hydrogen) atoms. The number of hydrogen-bond acceptors (Lipinski definition) is 4. The van der Waals surface area contributed by atoms with Gasteiger partial charge in [0.15, 0.2) is 6.67 Å². The van der Waals surface area contributed by atoms with Crippen molar-refractivity contribution in [2.75, 3.05) is 17.3 Å². The van der Waals surface area contributed by atoms with E-state index in [0.717, 1.165) is 11.3 Å². The van der Waals surface area contributed by atoms with E-state index in [1.807, 2.05) is 18.2 Å². The fraction of sp³-hybridized carbons (Fsp3) is 0.0556. The first-order valence-corrected chi connectivity index (χ1v) is 7.63. The zero-order chi connectivity index (χ0) is 17.8. The average Bonchev–Trinajstić information content (AvgIpc) is 2.61. The van der Waals surface area contributed by atoms with Gasteiger partial charge in [-0.2, -0.15) is 4.98 Å². The largest absolute Gasteiger partial charge is 0.340 e. The number of nitrogens with zero attached hydrogens (tertiary/aromatic N) is 2. The van der Waals surface area contributed by atoms with Gasteiger partial charge in [0.25, 0.3) is 5.91 Å². The maximum atomic E-state index is 12.3. The van der Waals surface area contributed by atoms with E-state index in [1.54, 1.807) is 24.3 Å². The number of amides is 1. The predicted molar refractivity (Wildman–Crippen MR) is 96.8 cm³/mol. The first kappa shape index (κ1) is 16.7. The van der Waals surface area contributed by atoms with Crippen LogP contribution < -0.4 is 10.6 Å². The number of aromatic nitrogens is 2. The van der Waals surface area contributed by atoms with Crippen LogP contribution in [0.5, 0.6) is 0 Å². The highest BCUT2D eigenvalue weighted by Gasteiger charge is 2.09. The monoisotopic (exact) mass is 354 g/mol. The van der Waals surface area contributed by atoms with Gasteiger partial charge in [0.05, 0.1) is 5.52 Å². The lowest BCUT2D eigenvalue weighted by Gasteiger charge is -2.11. The van der Waals surface area contributed by atoms with Crippen LogP contribution in [-0.4, -0.2) is 22.5 Å². The normalized spacial score (nSPS) is 10.3. The second kappa shape index (κ2) is 7.16. The van der Waals surface area contributed by atoms with Crippen LogP contribution in [0.4, 0.5) is 21.6 Å². The Morgan fingerprint density at radius 3 is 2.80 bits per heavy atom. The molecule has 0 unspecified atom stereocenters. The number of halogens is 2. The number of benzene rings is 2. The van der Waals surface area contributed by atoms with Crippen molar-refractivity contribution in [1.82, 2.24) is 9.97 Å². The van der Waals surface area contributed by atoms with Crippen molar-refractivity contribution in [2.24, 2.45) is 0 Å². The molecule has 0 aliphatic carbocycles. The summed E-state index contributed by atoms with van der Waals surface area (Å²) in [5.74, 6) is 2.32. The molecule has 124 valence electrons. The summed E-state index contributed by atoms with van der Waals surface area (Å²) in [4.78, 5) is 19.5. The Hall–Kier alpha value is -3.17. The van der Waals surface area contributed by atoms with Crippen LogP contribution in [0.3, 0.4) is 0 Å². The van der Waals surface area contributed by atoms with Gasteiger partial charge in [-0.05, 0) is 48.0 Å². The smallest absolute Gasteiger partial charge is 0.255 e. The van der Waals surface area contributed by atoms with Crippen molar-refractivity contribution in [1.29, 1.82) is 0 Å². The third-order valence-corrected chi connectivity index (χ3v) is 3.54. The maximum absolute atomic E-state index is 12.3. The standard InChI is InChI=1S/C18H12ClFN4O/c1-2-11-4-3-5-12(8-11)22-17-14-7-6-13(21-16(25)10-20)9-15(14)23-18(19)24-17/h1,3-9H,10H2,(H,21,25)(H,22,23,24). The summed E-state index contributed by atoms with van der Waals surface area (Å²) in [6.45, 7) is -1.10. The van der Waals surface area contributed by atoms with Crippen molar-refractivity contribution in [3.63, 3.8) is 0 Å². The SMILES string of the molecule is C#Cc1cccc(Nc2nc(Cl)nc3cc(NC(=O)CF)ccc23)c1. The highest BCUT2D eigenvalue weighted by atomic mass is 35.5. The van der Waals surface area contributed by atoms with E-state index < -0.39 is 12.6 Å². The lowest BCUT2D eigenvalue weighted by molar-refractivity contribution is -0.117. The Morgan fingerprint density at radius 2 is 2.04 bits per heavy atom. The van der Waals surface area contributed by atoms with Gasteiger partial charge in [-0.25, -0.2) is 9.37 Å². The fourth-order valence-corrected chi connectivity index (χ4v) is 2.47. The van der Waals surface area contributed by atoms with Gasteiger partial charge in [-0.3, -0.25) is 4.79 Å². The van der Waals surface area contributed by atoms with Crippen LogP contribution in [0.25, 0.3) is 10.9 Å². The number of alkyl halides is 1. The van der Waals surface area contributed by atoms with E-state index in [0.29, 0.717) is 22.4 Å². The van der Waals surface area contributed by atoms with Crippen molar-refractivity contribution in [3.05, 3.63) is 53.3 Å². The van der Waals surface area contributed by atoms with Gasteiger partial charge < -0.3 is 10.6 Å². The Balaban J connectivity index is 2.00. The molecule has 0 aliphatic heterocycles. The van der Waals surface area contributed by atoms with Gasteiger partial charge in [-0.15, -0.1) is 6.42 Å². The molecule has 0 saturated carbocycles. The third-order valence-electron chi connectivity index (χ3n) is 3.37. The topological polar surface area (TPSA) is 66.9 Å². The average molecular weight is 355 g/mol. The summed E-state index contributed by atoms with van der Waals surface area (Å²) in [7, 11) is 0. The van der Waals surface area contributed by atoms with Gasteiger partial charge in [0, 0.05) is 22.3 Å². The summed E-state index contributed by atoms with van der Waals surface area (Å²) in [5.41, 5.74) is 2.41. The predicted octanol–water partition coefficient (Wildman–Crippen LogP) is 3.92. The van der Waals surface area contributed by atoms with Crippen molar-refractivity contribution in [3.8, 4) is 12.3 Å². The Labute approximate surface area is 148 Å². The number of anilines is 3. The quantitative estimate of drug-likeness (QED) is 0.550. The summed E-state index contributed by atoms with van der Waals surface area (Å²) < 4.78 is 12.3. The molecule has 0 aliphatic rings. The molecule has 1 heterocycles. The van der Waals surface area contributed by atoms with E-state index in [9.17, 15) is 9.18 Å². The number of fused-ring (bicyclic) bond motifs is 1. The van der Waals surface area contributed by atoms with Crippen LogP contribution >= 0.6 is 11.6 Å². The molecular formula is C18H12ClFN4O. The minimum Gasteiger partial charge on any atom is -0.340 e. The molecule has 0 atom stereocenters. The first-order chi connectivity index (χ1) is 12.1. The van der Waals surface area contributed by atoms with Crippen LogP contribution in [0.1, 0.15) is 5.56 Å². The molecule has 0 saturated heterocycles. The van der Waals surface area contributed by atoms with Crippen molar-refractivity contribution >= 4 is 45.6 Å². The Kier molecular flexibility index (Phi) is 4.78. The van der Waals surface area contributed by atoms with Crippen LogP contribution in [0.15, 0.2) is 42.5 Å². The molecule has 0 radical (unpaired) electrons. The molecular weight excluding hydrogens is 343 g/mol. The zero-order valence-electron chi connectivity index (χ0n) is 12.9. The summed E-state index contributed by atoms with van der Waals surface area (Å²) >= 11 is 5.99. The third kappa shape index (κ3) is 3.84. The molecule has 0 fully saturated rings. The van der Waals surface area contributed by atoms with Crippen LogP contribution in [0, 0.1) is 12.3 Å². The maximum Gasteiger partial charge on any atom is 0.255 e. The highest BCUT2D eigenvalue weighted by Crippen LogP contribution is 2.27.